The number of carbonyl (C=O) groups is 1. The quantitative estimate of drug-likeness (QED) is 0.806. The molecule has 0 saturated carbocycles. The number of nitrogens with one attached hydrogen (secondary N) is 1. The van der Waals surface area contributed by atoms with Crippen LogP contribution in [0.1, 0.15) is 12.5 Å². The molecule has 0 heterocycles. The van der Waals surface area contributed by atoms with Gasteiger partial charge in [-0.3, -0.25) is 10.1 Å². The molecule has 0 aromatic heterocycles. The largest absolute Gasteiger partial charge is 0.401 e. The molecule has 19 heavy (non-hydrogen) atoms. The normalized spacial score (nSPS) is 15.0. The summed E-state index contributed by atoms with van der Waals surface area (Å²) in [5.74, 6) is -1.57. The fraction of sp³-hybridized carbons (Fsp3) is 0.417. The molecule has 1 rings (SSSR count). The third kappa shape index (κ3) is 4.51. The number of carbonyl (C=O) groups excluding carboxylic acids is 1. The minimum Gasteiger partial charge on any atom is -0.368 e. The first kappa shape index (κ1) is 15.4. The standard InChI is InChI=1S/C12H14F4N2O/c1-11(10(17)19,18-7-12(14,15)16)6-8-4-2-3-5-9(8)13/h2-5,18H,6-7H2,1H3,(H2,17,19). The van der Waals surface area contributed by atoms with Crippen LogP contribution in [0.25, 0.3) is 0 Å². The third-order valence-corrected chi connectivity index (χ3v) is 2.72. The van der Waals surface area contributed by atoms with Gasteiger partial charge in [0, 0.05) is 6.42 Å². The summed E-state index contributed by atoms with van der Waals surface area (Å²) >= 11 is 0. The Labute approximate surface area is 107 Å². The highest BCUT2D eigenvalue weighted by molar-refractivity contribution is 5.84. The number of benzene rings is 1. The molecule has 0 bridgehead atoms. The van der Waals surface area contributed by atoms with Gasteiger partial charge in [0.15, 0.2) is 0 Å². The number of hydrogen-bond donors (Lipinski definition) is 2. The Morgan fingerprint density at radius 3 is 2.37 bits per heavy atom. The molecule has 0 spiro atoms. The predicted molar refractivity (Wildman–Crippen MR) is 61.8 cm³/mol. The zero-order chi connectivity index (χ0) is 14.7. The van der Waals surface area contributed by atoms with Crippen LogP contribution < -0.4 is 11.1 Å². The number of primary amides is 1. The van der Waals surface area contributed by atoms with E-state index in [1.807, 2.05) is 5.32 Å². The van der Waals surface area contributed by atoms with Crippen LogP contribution in [0.3, 0.4) is 0 Å². The Kier molecular flexibility index (Phi) is 4.52. The molecule has 0 aliphatic carbocycles. The molecule has 3 N–H and O–H groups in total. The van der Waals surface area contributed by atoms with E-state index in [-0.39, 0.29) is 12.0 Å². The number of halogens is 4. The van der Waals surface area contributed by atoms with Crippen molar-refractivity contribution in [2.24, 2.45) is 5.73 Å². The van der Waals surface area contributed by atoms with E-state index in [9.17, 15) is 22.4 Å². The molecule has 1 atom stereocenters. The minimum absolute atomic E-state index is 0.124. The van der Waals surface area contributed by atoms with Crippen LogP contribution in [-0.2, 0) is 11.2 Å². The fourth-order valence-electron chi connectivity index (χ4n) is 1.55. The van der Waals surface area contributed by atoms with Crippen molar-refractivity contribution in [3.05, 3.63) is 35.6 Å². The lowest BCUT2D eigenvalue weighted by atomic mass is 9.91. The lowest BCUT2D eigenvalue weighted by Crippen LogP contribution is -2.57. The lowest BCUT2D eigenvalue weighted by Gasteiger charge is -2.28. The molecule has 7 heteroatoms. The second kappa shape index (κ2) is 5.56. The van der Waals surface area contributed by atoms with E-state index in [4.69, 9.17) is 5.73 Å². The van der Waals surface area contributed by atoms with Crippen molar-refractivity contribution >= 4 is 5.91 Å². The summed E-state index contributed by atoms with van der Waals surface area (Å²) in [6, 6.07) is 5.54. The number of nitrogens with two attached hydrogens (primary N) is 1. The summed E-state index contributed by atoms with van der Waals surface area (Å²) in [7, 11) is 0. The Bertz CT molecular complexity index is 461. The third-order valence-electron chi connectivity index (χ3n) is 2.72. The van der Waals surface area contributed by atoms with E-state index < -0.39 is 30.0 Å². The van der Waals surface area contributed by atoms with Crippen molar-refractivity contribution in [2.45, 2.75) is 25.1 Å². The molecule has 0 aliphatic rings. The summed E-state index contributed by atoms with van der Waals surface area (Å²) in [5.41, 5.74) is 3.56. The zero-order valence-electron chi connectivity index (χ0n) is 10.2. The molecule has 1 amide bonds. The first-order valence-electron chi connectivity index (χ1n) is 5.49. The molecule has 1 aromatic carbocycles. The first-order valence-corrected chi connectivity index (χ1v) is 5.49. The lowest BCUT2D eigenvalue weighted by molar-refractivity contribution is -0.135. The average molecular weight is 278 g/mol. The van der Waals surface area contributed by atoms with Crippen molar-refractivity contribution in [3.63, 3.8) is 0 Å². The van der Waals surface area contributed by atoms with E-state index >= 15 is 0 Å². The maximum absolute atomic E-state index is 13.5. The molecule has 3 nitrogen and oxygen atoms in total. The number of alkyl halides is 3. The van der Waals surface area contributed by atoms with Crippen LogP contribution in [0.15, 0.2) is 24.3 Å². The minimum atomic E-state index is -4.48. The highest BCUT2D eigenvalue weighted by Crippen LogP contribution is 2.19. The van der Waals surface area contributed by atoms with Gasteiger partial charge in [-0.2, -0.15) is 13.2 Å². The highest BCUT2D eigenvalue weighted by atomic mass is 19.4. The molecular weight excluding hydrogens is 264 g/mol. The molecule has 0 fully saturated rings. The SMILES string of the molecule is CC(Cc1ccccc1F)(NCC(F)(F)F)C(N)=O. The monoisotopic (exact) mass is 278 g/mol. The molecule has 0 radical (unpaired) electrons. The smallest absolute Gasteiger partial charge is 0.368 e. The van der Waals surface area contributed by atoms with Gasteiger partial charge in [-0.1, -0.05) is 18.2 Å². The predicted octanol–water partition coefficient (Wildman–Crippen LogP) is 1.76. The second-order valence-electron chi connectivity index (χ2n) is 4.43. The van der Waals surface area contributed by atoms with Crippen LogP contribution in [0.2, 0.25) is 0 Å². The maximum atomic E-state index is 13.5. The molecule has 0 aliphatic heterocycles. The van der Waals surface area contributed by atoms with Gasteiger partial charge in [0.25, 0.3) is 0 Å². The summed E-state index contributed by atoms with van der Waals surface area (Å²) in [5, 5.41) is 2.05. The molecule has 1 unspecified atom stereocenters. The van der Waals surface area contributed by atoms with Crippen molar-refractivity contribution in [1.82, 2.24) is 5.32 Å². The topological polar surface area (TPSA) is 55.1 Å². The Balaban J connectivity index is 2.89. The van der Waals surface area contributed by atoms with Gasteiger partial charge >= 0.3 is 6.18 Å². The summed E-state index contributed by atoms with van der Waals surface area (Å²) in [4.78, 5) is 11.3. The average Bonchev–Trinajstić information content (AvgIpc) is 2.28. The Morgan fingerprint density at radius 1 is 1.32 bits per heavy atom. The summed E-state index contributed by atoms with van der Waals surface area (Å²) < 4.78 is 50.0. The summed E-state index contributed by atoms with van der Waals surface area (Å²) in [6.45, 7) is -0.158. The maximum Gasteiger partial charge on any atom is 0.401 e. The van der Waals surface area contributed by atoms with Gasteiger partial charge in [-0.05, 0) is 18.6 Å². The molecule has 106 valence electrons. The number of hydrogen-bond acceptors (Lipinski definition) is 2. The van der Waals surface area contributed by atoms with Gasteiger partial charge in [0.05, 0.1) is 12.1 Å². The molecule has 0 saturated heterocycles. The van der Waals surface area contributed by atoms with Crippen LogP contribution in [0, 0.1) is 5.82 Å². The van der Waals surface area contributed by atoms with E-state index in [1.165, 1.54) is 31.2 Å². The van der Waals surface area contributed by atoms with E-state index in [2.05, 4.69) is 0 Å². The van der Waals surface area contributed by atoms with Gasteiger partial charge in [0.2, 0.25) is 5.91 Å². The molecule has 1 aromatic rings. The van der Waals surface area contributed by atoms with Gasteiger partial charge in [0.1, 0.15) is 5.82 Å². The number of rotatable bonds is 5. The second-order valence-corrected chi connectivity index (χ2v) is 4.43. The van der Waals surface area contributed by atoms with Crippen LogP contribution in [0.5, 0.6) is 0 Å². The van der Waals surface area contributed by atoms with Gasteiger partial charge in [-0.15, -0.1) is 0 Å². The Morgan fingerprint density at radius 2 is 1.89 bits per heavy atom. The van der Waals surface area contributed by atoms with Crippen molar-refractivity contribution < 1.29 is 22.4 Å². The highest BCUT2D eigenvalue weighted by Gasteiger charge is 2.37. The zero-order valence-corrected chi connectivity index (χ0v) is 10.2. The van der Waals surface area contributed by atoms with E-state index in [1.54, 1.807) is 0 Å². The van der Waals surface area contributed by atoms with Crippen molar-refractivity contribution in [3.8, 4) is 0 Å². The van der Waals surface area contributed by atoms with E-state index in [0.717, 1.165) is 0 Å². The van der Waals surface area contributed by atoms with Crippen LogP contribution in [0.4, 0.5) is 17.6 Å². The fourth-order valence-corrected chi connectivity index (χ4v) is 1.55. The van der Waals surface area contributed by atoms with Gasteiger partial charge in [-0.25, -0.2) is 4.39 Å². The van der Waals surface area contributed by atoms with Crippen molar-refractivity contribution in [1.29, 1.82) is 0 Å². The van der Waals surface area contributed by atoms with E-state index in [0.29, 0.717) is 0 Å². The number of amides is 1. The summed E-state index contributed by atoms with van der Waals surface area (Å²) in [6.07, 6.45) is -4.74. The van der Waals surface area contributed by atoms with Gasteiger partial charge < -0.3 is 5.73 Å². The Hall–Kier alpha value is -1.63. The van der Waals surface area contributed by atoms with Crippen LogP contribution >= 0.6 is 0 Å². The first-order chi connectivity index (χ1) is 8.64. The van der Waals surface area contributed by atoms with Crippen molar-refractivity contribution in [2.75, 3.05) is 6.54 Å². The molecular formula is C12H14F4N2O. The van der Waals surface area contributed by atoms with Crippen LogP contribution in [-0.4, -0.2) is 24.2 Å².